The minimum Gasteiger partial charge on any atom is -0.304 e. The Bertz CT molecular complexity index is 1970. The van der Waals surface area contributed by atoms with Crippen LogP contribution >= 0.6 is 0 Å². The van der Waals surface area contributed by atoms with Crippen molar-refractivity contribution in [1.82, 2.24) is 13.8 Å². The van der Waals surface area contributed by atoms with Crippen LogP contribution in [0.1, 0.15) is 0 Å². The second kappa shape index (κ2) is 5.65. The van der Waals surface area contributed by atoms with Gasteiger partial charge in [0.25, 0.3) is 0 Å². The monoisotopic (exact) mass is 407 g/mol. The van der Waals surface area contributed by atoms with Gasteiger partial charge >= 0.3 is 0 Å². The van der Waals surface area contributed by atoms with E-state index < -0.39 is 0 Å². The van der Waals surface area contributed by atoms with Crippen LogP contribution in [-0.4, -0.2) is 13.8 Å². The highest BCUT2D eigenvalue weighted by atomic mass is 15.1. The molecule has 8 aromatic rings. The number of rotatable bonds is 1. The molecule has 3 heteroatoms. The zero-order valence-corrected chi connectivity index (χ0v) is 17.2. The predicted octanol–water partition coefficient (Wildman–Crippen LogP) is 7.30. The zero-order chi connectivity index (χ0) is 20.8. The van der Waals surface area contributed by atoms with Gasteiger partial charge in [0.2, 0.25) is 0 Å². The fraction of sp³-hybridized carbons (Fsp3) is 0. The van der Waals surface area contributed by atoms with Crippen molar-refractivity contribution in [3.8, 4) is 11.1 Å². The second-order valence-electron chi connectivity index (χ2n) is 8.50. The minimum absolute atomic E-state index is 0.984. The van der Waals surface area contributed by atoms with Crippen LogP contribution in [0.3, 0.4) is 0 Å². The number of para-hydroxylation sites is 2. The molecule has 4 heterocycles. The minimum atomic E-state index is 0.984. The van der Waals surface area contributed by atoms with Crippen molar-refractivity contribution in [2.75, 3.05) is 0 Å². The van der Waals surface area contributed by atoms with Crippen molar-refractivity contribution in [2.24, 2.45) is 0 Å². The molecule has 0 saturated heterocycles. The summed E-state index contributed by atoms with van der Waals surface area (Å²) < 4.78 is 4.77. The van der Waals surface area contributed by atoms with Crippen molar-refractivity contribution in [3.05, 3.63) is 103 Å². The largest absolute Gasteiger partial charge is 0.304 e. The standard InChI is InChI=1S/C29H17N3/c1-2-8-18(9-3-1)19-16-26-29(30-17-19)32-25-13-7-5-11-21(25)23-15-14-22-20-10-4-6-12-24(20)31(26)27(22)28(23)32/h1-17H. The molecule has 3 nitrogen and oxygen atoms in total. The summed E-state index contributed by atoms with van der Waals surface area (Å²) in [7, 11) is 0. The van der Waals surface area contributed by atoms with Crippen LogP contribution < -0.4 is 0 Å². The van der Waals surface area contributed by atoms with Crippen molar-refractivity contribution in [2.45, 2.75) is 0 Å². The first-order valence-electron chi connectivity index (χ1n) is 10.9. The van der Waals surface area contributed by atoms with Crippen LogP contribution in [0.15, 0.2) is 103 Å². The van der Waals surface area contributed by atoms with Crippen LogP contribution in [0.5, 0.6) is 0 Å². The summed E-state index contributed by atoms with van der Waals surface area (Å²) in [6.07, 6.45) is 2.01. The highest BCUT2D eigenvalue weighted by molar-refractivity contribution is 6.25. The Morgan fingerprint density at radius 1 is 0.469 bits per heavy atom. The Hall–Kier alpha value is -4.37. The van der Waals surface area contributed by atoms with Gasteiger partial charge in [-0.05, 0) is 23.8 Å². The molecule has 32 heavy (non-hydrogen) atoms. The molecule has 0 atom stereocenters. The summed E-state index contributed by atoms with van der Waals surface area (Å²) in [5, 5.41) is 5.10. The lowest BCUT2D eigenvalue weighted by atomic mass is 10.1. The third kappa shape index (κ3) is 1.85. The van der Waals surface area contributed by atoms with E-state index >= 15 is 0 Å². The molecule has 0 N–H and O–H groups in total. The summed E-state index contributed by atoms with van der Waals surface area (Å²) in [6, 6.07) is 34.7. The van der Waals surface area contributed by atoms with E-state index in [9.17, 15) is 0 Å². The van der Waals surface area contributed by atoms with Gasteiger partial charge in [0.15, 0.2) is 5.65 Å². The zero-order valence-electron chi connectivity index (χ0n) is 17.2. The maximum Gasteiger partial charge on any atom is 0.162 e. The normalized spacial score (nSPS) is 12.4. The summed E-state index contributed by atoms with van der Waals surface area (Å²) in [6.45, 7) is 0. The van der Waals surface area contributed by atoms with Gasteiger partial charge < -0.3 is 4.40 Å². The highest BCUT2D eigenvalue weighted by Gasteiger charge is 2.21. The topological polar surface area (TPSA) is 21.7 Å². The van der Waals surface area contributed by atoms with Crippen molar-refractivity contribution in [3.63, 3.8) is 0 Å². The lowest BCUT2D eigenvalue weighted by Gasteiger charge is -2.12. The van der Waals surface area contributed by atoms with E-state index in [-0.39, 0.29) is 0 Å². The molecule has 0 amide bonds. The number of fused-ring (bicyclic) bond motifs is 9. The molecule has 0 unspecified atom stereocenters. The van der Waals surface area contributed by atoms with Crippen molar-refractivity contribution in [1.29, 1.82) is 0 Å². The third-order valence-electron chi connectivity index (χ3n) is 6.88. The summed E-state index contributed by atoms with van der Waals surface area (Å²) in [4.78, 5) is 5.06. The van der Waals surface area contributed by atoms with E-state index in [1.54, 1.807) is 0 Å². The van der Waals surface area contributed by atoms with Gasteiger partial charge in [-0.2, -0.15) is 0 Å². The summed E-state index contributed by atoms with van der Waals surface area (Å²) >= 11 is 0. The molecule has 0 radical (unpaired) electrons. The molecule has 0 saturated carbocycles. The Balaban J connectivity index is 1.73. The van der Waals surface area contributed by atoms with E-state index in [1.807, 2.05) is 6.20 Å². The first-order valence-corrected chi connectivity index (χ1v) is 10.9. The number of pyridine rings is 1. The average molecular weight is 407 g/mol. The molecule has 148 valence electrons. The van der Waals surface area contributed by atoms with Gasteiger partial charge in [-0.1, -0.05) is 78.9 Å². The van der Waals surface area contributed by atoms with Crippen LogP contribution in [0.25, 0.3) is 65.9 Å². The van der Waals surface area contributed by atoms with E-state index in [0.717, 1.165) is 16.7 Å². The summed E-state index contributed by atoms with van der Waals surface area (Å²) in [5.41, 5.74) is 9.34. The lowest BCUT2D eigenvalue weighted by Crippen LogP contribution is -1.99. The number of hydrogen-bond donors (Lipinski definition) is 0. The molecular formula is C29H17N3. The third-order valence-corrected chi connectivity index (χ3v) is 6.88. The first-order chi connectivity index (χ1) is 15.9. The summed E-state index contributed by atoms with van der Waals surface area (Å²) in [5.74, 6) is 0. The maximum absolute atomic E-state index is 5.06. The fourth-order valence-corrected chi connectivity index (χ4v) is 5.54. The van der Waals surface area contributed by atoms with Crippen LogP contribution in [-0.2, 0) is 0 Å². The van der Waals surface area contributed by atoms with Crippen LogP contribution in [0.4, 0.5) is 0 Å². The molecule has 0 aliphatic carbocycles. The number of benzene rings is 4. The highest BCUT2D eigenvalue weighted by Crippen LogP contribution is 2.41. The smallest absolute Gasteiger partial charge is 0.162 e. The molecule has 4 aromatic carbocycles. The lowest BCUT2D eigenvalue weighted by molar-refractivity contribution is 1.19. The van der Waals surface area contributed by atoms with Gasteiger partial charge in [0.05, 0.1) is 27.6 Å². The average Bonchev–Trinajstić information content (AvgIpc) is 3.38. The van der Waals surface area contributed by atoms with E-state index in [0.29, 0.717) is 0 Å². The first kappa shape index (κ1) is 16.3. The molecule has 0 fully saturated rings. The van der Waals surface area contributed by atoms with Gasteiger partial charge in [0, 0.05) is 33.3 Å². The van der Waals surface area contributed by atoms with Crippen molar-refractivity contribution >= 4 is 54.8 Å². The quantitative estimate of drug-likeness (QED) is 0.262. The van der Waals surface area contributed by atoms with Gasteiger partial charge in [0.1, 0.15) is 0 Å². The van der Waals surface area contributed by atoms with Gasteiger partial charge in [-0.3, -0.25) is 4.40 Å². The molecule has 0 spiro atoms. The molecular weight excluding hydrogens is 390 g/mol. The maximum atomic E-state index is 5.06. The number of hydrogen-bond acceptors (Lipinski definition) is 1. The van der Waals surface area contributed by atoms with E-state index in [2.05, 4.69) is 106 Å². The van der Waals surface area contributed by atoms with Gasteiger partial charge in [-0.15, -0.1) is 0 Å². The van der Waals surface area contributed by atoms with E-state index in [4.69, 9.17) is 4.98 Å². The molecule has 8 rings (SSSR count). The SMILES string of the molecule is c1ccc(-c2cnc3c(c2)n2c4ccccc4c4ccc5c6ccccc6n3c5c42)cc1. The molecule has 4 aromatic heterocycles. The molecule has 0 aliphatic heterocycles. The fourth-order valence-electron chi connectivity index (χ4n) is 5.54. The Morgan fingerprint density at radius 2 is 1.06 bits per heavy atom. The number of aromatic nitrogens is 3. The Morgan fingerprint density at radius 3 is 1.78 bits per heavy atom. The van der Waals surface area contributed by atoms with Crippen molar-refractivity contribution < 1.29 is 0 Å². The molecule has 0 aliphatic rings. The Kier molecular flexibility index (Phi) is 2.89. The van der Waals surface area contributed by atoms with Crippen LogP contribution in [0, 0.1) is 0 Å². The van der Waals surface area contributed by atoms with E-state index in [1.165, 1.54) is 49.2 Å². The number of nitrogens with zero attached hydrogens (tertiary/aromatic N) is 3. The molecule has 0 bridgehead atoms. The van der Waals surface area contributed by atoms with Gasteiger partial charge in [-0.25, -0.2) is 4.98 Å². The van der Waals surface area contributed by atoms with Crippen LogP contribution in [0.2, 0.25) is 0 Å². The second-order valence-corrected chi connectivity index (χ2v) is 8.50. The predicted molar refractivity (Wildman–Crippen MR) is 133 cm³/mol. The Labute approximate surface area is 183 Å².